The third-order valence-electron chi connectivity index (χ3n) is 1.88. The molecule has 0 saturated heterocycles. The maximum absolute atomic E-state index is 3.11. The maximum atomic E-state index is 3.11. The van der Waals surface area contributed by atoms with E-state index in [1.807, 2.05) is 24.3 Å². The van der Waals surface area contributed by atoms with Gasteiger partial charge in [0, 0.05) is 13.2 Å². The molecule has 0 aliphatic carbocycles. The minimum atomic E-state index is 1.06. The molecule has 66 valence electrons. The van der Waals surface area contributed by atoms with E-state index in [1.54, 1.807) is 0 Å². The molecule has 1 heterocycles. The second-order valence-electron chi connectivity index (χ2n) is 2.78. The molecule has 0 fully saturated rings. The number of allylic oxidation sites excluding steroid dienone is 4. The van der Waals surface area contributed by atoms with Gasteiger partial charge in [0.05, 0.1) is 5.70 Å². The maximum Gasteiger partial charge on any atom is 0.0559 e. The van der Waals surface area contributed by atoms with E-state index in [0.717, 1.165) is 6.42 Å². The minimum absolute atomic E-state index is 1.06. The Labute approximate surface area is 74.2 Å². The van der Waals surface area contributed by atoms with Crippen molar-refractivity contribution in [2.45, 2.75) is 20.3 Å². The SMILES string of the molecule is CC/C=C1/C(C)=CC=CN1NC. The fraction of sp³-hybridized carbons (Fsp3) is 0.400. The molecule has 0 bridgehead atoms. The van der Waals surface area contributed by atoms with E-state index in [2.05, 4.69) is 31.4 Å². The van der Waals surface area contributed by atoms with Crippen LogP contribution in [0.5, 0.6) is 0 Å². The summed E-state index contributed by atoms with van der Waals surface area (Å²) >= 11 is 0. The second kappa shape index (κ2) is 4.12. The highest BCUT2D eigenvalue weighted by Crippen LogP contribution is 2.17. The summed E-state index contributed by atoms with van der Waals surface area (Å²) in [5.41, 5.74) is 5.66. The van der Waals surface area contributed by atoms with Gasteiger partial charge in [-0.3, -0.25) is 5.01 Å². The Bertz CT molecular complexity index is 236. The van der Waals surface area contributed by atoms with Gasteiger partial charge >= 0.3 is 0 Å². The standard InChI is InChI=1S/C10H16N2/c1-4-6-10-9(2)7-5-8-12(10)11-3/h5-8,11H,4H2,1-3H3/b10-6-. The van der Waals surface area contributed by atoms with Crippen molar-refractivity contribution in [3.63, 3.8) is 0 Å². The van der Waals surface area contributed by atoms with Crippen LogP contribution in [0, 0.1) is 0 Å². The molecule has 1 aliphatic rings. The number of nitrogens with zero attached hydrogens (tertiary/aromatic N) is 1. The molecule has 0 aromatic heterocycles. The van der Waals surface area contributed by atoms with Crippen LogP contribution in [-0.4, -0.2) is 12.1 Å². The third-order valence-corrected chi connectivity index (χ3v) is 1.88. The van der Waals surface area contributed by atoms with Crippen LogP contribution in [0.25, 0.3) is 0 Å². The number of hydrazine groups is 1. The molecule has 2 nitrogen and oxygen atoms in total. The lowest BCUT2D eigenvalue weighted by atomic mass is 10.1. The highest BCUT2D eigenvalue weighted by molar-refractivity contribution is 5.35. The summed E-state index contributed by atoms with van der Waals surface area (Å²) in [6.45, 7) is 4.27. The van der Waals surface area contributed by atoms with Crippen LogP contribution in [-0.2, 0) is 0 Å². The molecular weight excluding hydrogens is 148 g/mol. The van der Waals surface area contributed by atoms with Gasteiger partial charge in [-0.2, -0.15) is 0 Å². The number of rotatable bonds is 2. The van der Waals surface area contributed by atoms with Crippen LogP contribution in [0.3, 0.4) is 0 Å². The quantitative estimate of drug-likeness (QED) is 0.673. The van der Waals surface area contributed by atoms with Crippen molar-refractivity contribution in [3.05, 3.63) is 35.7 Å². The predicted molar refractivity (Wildman–Crippen MR) is 52.2 cm³/mol. The normalized spacial score (nSPS) is 20.1. The predicted octanol–water partition coefficient (Wildman–Crippen LogP) is 2.19. The third kappa shape index (κ3) is 1.77. The monoisotopic (exact) mass is 164 g/mol. The molecule has 2 heteroatoms. The van der Waals surface area contributed by atoms with Crippen molar-refractivity contribution in [1.29, 1.82) is 0 Å². The zero-order valence-electron chi connectivity index (χ0n) is 7.96. The van der Waals surface area contributed by atoms with Gasteiger partial charge < -0.3 is 0 Å². The first-order valence-corrected chi connectivity index (χ1v) is 4.31. The lowest BCUT2D eigenvalue weighted by Gasteiger charge is -2.25. The van der Waals surface area contributed by atoms with Gasteiger partial charge in [0.15, 0.2) is 0 Å². The first-order valence-electron chi connectivity index (χ1n) is 4.31. The summed E-state index contributed by atoms with van der Waals surface area (Å²) in [4.78, 5) is 0. The molecule has 0 radical (unpaired) electrons. The van der Waals surface area contributed by atoms with E-state index in [4.69, 9.17) is 0 Å². The highest BCUT2D eigenvalue weighted by Gasteiger charge is 2.08. The van der Waals surface area contributed by atoms with Crippen molar-refractivity contribution in [2.24, 2.45) is 0 Å². The molecule has 1 aliphatic heterocycles. The first-order chi connectivity index (χ1) is 5.79. The summed E-state index contributed by atoms with van der Waals surface area (Å²) in [7, 11) is 1.92. The molecule has 0 spiro atoms. The topological polar surface area (TPSA) is 15.3 Å². The Hall–Kier alpha value is -1.02. The molecule has 0 aromatic carbocycles. The van der Waals surface area contributed by atoms with Gasteiger partial charge in [0.25, 0.3) is 0 Å². The Morgan fingerprint density at radius 2 is 2.33 bits per heavy atom. The zero-order chi connectivity index (χ0) is 8.97. The highest BCUT2D eigenvalue weighted by atomic mass is 15.5. The van der Waals surface area contributed by atoms with E-state index in [1.165, 1.54) is 11.3 Å². The number of hydrogen-bond acceptors (Lipinski definition) is 2. The molecule has 1 rings (SSSR count). The Morgan fingerprint density at radius 1 is 1.58 bits per heavy atom. The molecule has 1 N–H and O–H groups in total. The average Bonchev–Trinajstić information content (AvgIpc) is 2.09. The van der Waals surface area contributed by atoms with Gasteiger partial charge in [-0.15, -0.1) is 0 Å². The van der Waals surface area contributed by atoms with Gasteiger partial charge in [-0.05, 0) is 25.0 Å². The van der Waals surface area contributed by atoms with Crippen LogP contribution >= 0.6 is 0 Å². The van der Waals surface area contributed by atoms with Gasteiger partial charge in [-0.1, -0.05) is 19.1 Å². The Kier molecular flexibility index (Phi) is 3.11. The summed E-state index contributed by atoms with van der Waals surface area (Å²) in [6.07, 6.45) is 9.46. The molecule has 0 unspecified atom stereocenters. The zero-order valence-corrected chi connectivity index (χ0v) is 7.96. The van der Waals surface area contributed by atoms with Crippen molar-refractivity contribution >= 4 is 0 Å². The van der Waals surface area contributed by atoms with E-state index >= 15 is 0 Å². The lowest BCUT2D eigenvalue weighted by molar-refractivity contribution is 0.376. The summed E-state index contributed by atoms with van der Waals surface area (Å²) < 4.78 is 0. The van der Waals surface area contributed by atoms with Crippen LogP contribution < -0.4 is 5.43 Å². The van der Waals surface area contributed by atoms with E-state index in [-0.39, 0.29) is 0 Å². The van der Waals surface area contributed by atoms with Gasteiger partial charge in [-0.25, -0.2) is 5.43 Å². The van der Waals surface area contributed by atoms with Crippen molar-refractivity contribution < 1.29 is 0 Å². The fourth-order valence-corrected chi connectivity index (χ4v) is 1.28. The Balaban J connectivity index is 2.86. The Morgan fingerprint density at radius 3 is 2.92 bits per heavy atom. The van der Waals surface area contributed by atoms with Crippen LogP contribution in [0.15, 0.2) is 35.7 Å². The van der Waals surface area contributed by atoms with Crippen molar-refractivity contribution in [2.75, 3.05) is 7.05 Å². The van der Waals surface area contributed by atoms with E-state index in [0.29, 0.717) is 0 Å². The van der Waals surface area contributed by atoms with Gasteiger partial charge in [0.1, 0.15) is 0 Å². The first kappa shape index (κ1) is 9.07. The summed E-state index contributed by atoms with van der Waals surface area (Å²) in [5, 5.41) is 2.03. The van der Waals surface area contributed by atoms with E-state index < -0.39 is 0 Å². The summed E-state index contributed by atoms with van der Waals surface area (Å²) in [5.74, 6) is 0. The number of hydrogen-bond donors (Lipinski definition) is 1. The molecule has 0 atom stereocenters. The van der Waals surface area contributed by atoms with E-state index in [9.17, 15) is 0 Å². The average molecular weight is 164 g/mol. The summed E-state index contributed by atoms with van der Waals surface area (Å²) in [6, 6.07) is 0. The second-order valence-corrected chi connectivity index (χ2v) is 2.78. The largest absolute Gasteiger partial charge is 0.285 e. The van der Waals surface area contributed by atoms with Gasteiger partial charge in [0.2, 0.25) is 0 Å². The number of nitrogens with one attached hydrogen (secondary N) is 1. The van der Waals surface area contributed by atoms with Crippen molar-refractivity contribution in [3.8, 4) is 0 Å². The smallest absolute Gasteiger partial charge is 0.0559 e. The molecule has 0 saturated carbocycles. The van der Waals surface area contributed by atoms with Crippen LogP contribution in [0.1, 0.15) is 20.3 Å². The molecule has 0 amide bonds. The lowest BCUT2D eigenvalue weighted by Crippen LogP contribution is -2.30. The minimum Gasteiger partial charge on any atom is -0.285 e. The van der Waals surface area contributed by atoms with Crippen LogP contribution in [0.2, 0.25) is 0 Å². The fourth-order valence-electron chi connectivity index (χ4n) is 1.28. The molecule has 12 heavy (non-hydrogen) atoms. The molecular formula is C10H16N2. The van der Waals surface area contributed by atoms with Crippen LogP contribution in [0.4, 0.5) is 0 Å². The molecule has 0 aromatic rings. The van der Waals surface area contributed by atoms with Crippen molar-refractivity contribution in [1.82, 2.24) is 10.4 Å².